The number of rotatable bonds is 2. The lowest BCUT2D eigenvalue weighted by Gasteiger charge is -1.99. The molecule has 0 saturated carbocycles. The third-order valence-corrected chi connectivity index (χ3v) is 2.42. The molecule has 3 N–H and O–H groups in total. The molecule has 0 saturated heterocycles. The summed E-state index contributed by atoms with van der Waals surface area (Å²) in [5.41, 5.74) is 2.72. The van der Waals surface area contributed by atoms with Gasteiger partial charge in [-0.2, -0.15) is 5.10 Å². The normalized spacial score (nSPS) is 10.2. The number of likely N-dealkylation sites (N-methyl/N-ethyl adjacent to an activating group) is 1. The van der Waals surface area contributed by atoms with Gasteiger partial charge in [0.25, 0.3) is 0 Å². The number of phenolic OH excluding ortho intramolecular Hbond substituents is 1. The van der Waals surface area contributed by atoms with Crippen LogP contribution in [0.4, 0.5) is 0 Å². The Morgan fingerprint density at radius 1 is 1.41 bits per heavy atom. The first kappa shape index (κ1) is 13.2. The van der Waals surface area contributed by atoms with E-state index in [4.69, 9.17) is 0 Å². The molecule has 0 fully saturated rings. The van der Waals surface area contributed by atoms with Crippen molar-refractivity contribution in [2.24, 2.45) is 5.10 Å². The number of phenols is 1. The summed E-state index contributed by atoms with van der Waals surface area (Å²) >= 11 is 3.14. The number of aromatic hydroxyl groups is 1. The highest BCUT2D eigenvalue weighted by Crippen LogP contribution is 2.23. The van der Waals surface area contributed by atoms with E-state index >= 15 is 0 Å². The first-order chi connectivity index (χ1) is 8.04. The van der Waals surface area contributed by atoms with Gasteiger partial charge in [0, 0.05) is 7.05 Å². The van der Waals surface area contributed by atoms with E-state index in [9.17, 15) is 14.7 Å². The molecule has 1 rings (SSSR count). The molecular formula is C10H10BrN3O3. The third kappa shape index (κ3) is 3.87. The number of hydrazone groups is 1. The van der Waals surface area contributed by atoms with Crippen molar-refractivity contribution in [3.8, 4) is 5.75 Å². The number of nitrogens with zero attached hydrogens (tertiary/aromatic N) is 1. The minimum absolute atomic E-state index is 0.108. The van der Waals surface area contributed by atoms with E-state index in [0.29, 0.717) is 10.0 Å². The number of carbonyl (C=O) groups excluding carboxylic acids is 2. The van der Waals surface area contributed by atoms with Crippen LogP contribution in [0.25, 0.3) is 0 Å². The lowest BCUT2D eigenvalue weighted by Crippen LogP contribution is -2.35. The van der Waals surface area contributed by atoms with Crippen molar-refractivity contribution in [1.29, 1.82) is 0 Å². The minimum Gasteiger partial charge on any atom is -0.507 e. The summed E-state index contributed by atoms with van der Waals surface area (Å²) in [5.74, 6) is -1.51. The Morgan fingerprint density at radius 2 is 2.12 bits per heavy atom. The number of carbonyl (C=O) groups is 2. The Kier molecular flexibility index (Phi) is 4.65. The fraction of sp³-hybridized carbons (Fsp3) is 0.100. The van der Waals surface area contributed by atoms with Crippen LogP contribution in [0.5, 0.6) is 5.75 Å². The zero-order chi connectivity index (χ0) is 12.8. The molecule has 0 heterocycles. The lowest BCUT2D eigenvalue weighted by molar-refractivity contribution is -0.138. The molecule has 0 unspecified atom stereocenters. The van der Waals surface area contributed by atoms with Crippen molar-refractivity contribution in [3.05, 3.63) is 28.2 Å². The van der Waals surface area contributed by atoms with Gasteiger partial charge >= 0.3 is 11.8 Å². The van der Waals surface area contributed by atoms with Gasteiger partial charge in [0.05, 0.1) is 10.7 Å². The van der Waals surface area contributed by atoms with Crippen LogP contribution in [0, 0.1) is 0 Å². The number of nitrogens with one attached hydrogen (secondary N) is 2. The highest BCUT2D eigenvalue weighted by molar-refractivity contribution is 9.10. The summed E-state index contributed by atoms with van der Waals surface area (Å²) < 4.78 is 0.513. The smallest absolute Gasteiger partial charge is 0.329 e. The van der Waals surface area contributed by atoms with Crippen LogP contribution in [0.2, 0.25) is 0 Å². The molecule has 7 heteroatoms. The maximum Gasteiger partial charge on any atom is 0.329 e. The first-order valence-electron chi connectivity index (χ1n) is 4.58. The number of hydrogen-bond donors (Lipinski definition) is 3. The summed E-state index contributed by atoms with van der Waals surface area (Å²) in [6, 6.07) is 4.70. The number of halogens is 1. The molecule has 0 aromatic heterocycles. The monoisotopic (exact) mass is 299 g/mol. The van der Waals surface area contributed by atoms with Crippen molar-refractivity contribution >= 4 is 34.0 Å². The predicted octanol–water partition coefficient (Wildman–Crippen LogP) is 0.351. The quantitative estimate of drug-likeness (QED) is 0.418. The van der Waals surface area contributed by atoms with Crippen LogP contribution >= 0.6 is 15.9 Å². The summed E-state index contributed by atoms with van der Waals surface area (Å²) in [5, 5.41) is 15.0. The number of hydrogen-bond acceptors (Lipinski definition) is 4. The minimum atomic E-state index is -0.846. The first-order valence-corrected chi connectivity index (χ1v) is 5.37. The van der Waals surface area contributed by atoms with Crippen molar-refractivity contribution in [2.45, 2.75) is 0 Å². The molecule has 0 aliphatic carbocycles. The Hall–Kier alpha value is -1.89. The predicted molar refractivity (Wildman–Crippen MR) is 65.6 cm³/mol. The summed E-state index contributed by atoms with van der Waals surface area (Å²) in [6.07, 6.45) is 1.35. The van der Waals surface area contributed by atoms with Gasteiger partial charge in [-0.15, -0.1) is 0 Å². The van der Waals surface area contributed by atoms with Gasteiger partial charge in [-0.1, -0.05) is 0 Å². The van der Waals surface area contributed by atoms with Gasteiger partial charge < -0.3 is 10.4 Å². The molecule has 0 bridgehead atoms. The SMILES string of the molecule is CNC(=O)C(=O)N/N=C/c1ccc(O)c(Br)c1. The van der Waals surface area contributed by atoms with E-state index in [-0.39, 0.29) is 5.75 Å². The summed E-state index contributed by atoms with van der Waals surface area (Å²) in [4.78, 5) is 21.8. The van der Waals surface area contributed by atoms with Crippen LogP contribution < -0.4 is 10.7 Å². The van der Waals surface area contributed by atoms with Crippen LogP contribution in [0.15, 0.2) is 27.8 Å². The lowest BCUT2D eigenvalue weighted by atomic mass is 10.2. The van der Waals surface area contributed by atoms with Gasteiger partial charge in [-0.05, 0) is 39.7 Å². The molecule has 90 valence electrons. The number of amides is 2. The second kappa shape index (κ2) is 6.00. The maximum atomic E-state index is 11.0. The standard InChI is InChI=1S/C10H10BrN3O3/c1-12-9(16)10(17)14-13-5-6-2-3-8(15)7(11)4-6/h2-5,15H,1H3,(H,12,16)(H,14,17)/b13-5+. The van der Waals surface area contributed by atoms with Crippen LogP contribution in [0.3, 0.4) is 0 Å². The van der Waals surface area contributed by atoms with Crippen molar-refractivity contribution in [1.82, 2.24) is 10.7 Å². The van der Waals surface area contributed by atoms with Crippen molar-refractivity contribution in [2.75, 3.05) is 7.05 Å². The average Bonchev–Trinajstić information content (AvgIpc) is 2.32. The molecule has 0 radical (unpaired) electrons. The van der Waals surface area contributed by atoms with Crippen molar-refractivity contribution in [3.63, 3.8) is 0 Å². The molecule has 1 aromatic carbocycles. The van der Waals surface area contributed by atoms with Gasteiger partial charge in [0.15, 0.2) is 0 Å². The average molecular weight is 300 g/mol. The molecule has 6 nitrogen and oxygen atoms in total. The Bertz CT molecular complexity index is 474. The Balaban J connectivity index is 2.62. The van der Waals surface area contributed by atoms with Crippen molar-refractivity contribution < 1.29 is 14.7 Å². The van der Waals surface area contributed by atoms with Gasteiger partial charge in [0.2, 0.25) is 0 Å². The molecule has 2 amide bonds. The van der Waals surface area contributed by atoms with E-state index in [2.05, 4.69) is 31.8 Å². The fourth-order valence-corrected chi connectivity index (χ4v) is 1.33. The highest BCUT2D eigenvalue weighted by Gasteiger charge is 2.08. The fourth-order valence-electron chi connectivity index (χ4n) is 0.933. The number of benzene rings is 1. The van der Waals surface area contributed by atoms with Gasteiger partial charge in [-0.3, -0.25) is 9.59 Å². The molecular weight excluding hydrogens is 290 g/mol. The summed E-state index contributed by atoms with van der Waals surface area (Å²) in [6.45, 7) is 0. The molecule has 0 atom stereocenters. The van der Waals surface area contributed by atoms with E-state index in [1.54, 1.807) is 12.1 Å². The van der Waals surface area contributed by atoms with Gasteiger partial charge in [-0.25, -0.2) is 5.43 Å². The van der Waals surface area contributed by atoms with Crippen LogP contribution in [-0.4, -0.2) is 30.2 Å². The van der Waals surface area contributed by atoms with Gasteiger partial charge in [0.1, 0.15) is 5.75 Å². The molecule has 0 aliphatic heterocycles. The molecule has 17 heavy (non-hydrogen) atoms. The second-order valence-corrected chi connectivity index (χ2v) is 3.84. The molecule has 1 aromatic rings. The van der Waals surface area contributed by atoms with E-state index in [1.807, 2.05) is 0 Å². The zero-order valence-electron chi connectivity index (χ0n) is 8.90. The molecule has 0 spiro atoms. The third-order valence-electron chi connectivity index (χ3n) is 1.78. The zero-order valence-corrected chi connectivity index (χ0v) is 10.5. The van der Waals surface area contributed by atoms with E-state index < -0.39 is 11.8 Å². The molecule has 0 aliphatic rings. The van der Waals surface area contributed by atoms with Crippen LogP contribution in [-0.2, 0) is 9.59 Å². The second-order valence-electron chi connectivity index (χ2n) is 2.99. The largest absolute Gasteiger partial charge is 0.507 e. The maximum absolute atomic E-state index is 11.0. The topological polar surface area (TPSA) is 90.8 Å². The van der Waals surface area contributed by atoms with Crippen LogP contribution in [0.1, 0.15) is 5.56 Å². The van der Waals surface area contributed by atoms with E-state index in [0.717, 1.165) is 0 Å². The summed E-state index contributed by atoms with van der Waals surface area (Å²) in [7, 11) is 1.35. The highest BCUT2D eigenvalue weighted by atomic mass is 79.9. The Labute approximate surface area is 106 Å². The van der Waals surface area contributed by atoms with E-state index in [1.165, 1.54) is 19.3 Å². The Morgan fingerprint density at radius 3 is 2.71 bits per heavy atom.